The first kappa shape index (κ1) is 31.5. The van der Waals surface area contributed by atoms with Gasteiger partial charge in [-0.2, -0.15) is 18.3 Å². The van der Waals surface area contributed by atoms with Gasteiger partial charge in [-0.3, -0.25) is 0 Å². The van der Waals surface area contributed by atoms with Crippen molar-refractivity contribution >= 4 is 25.6 Å². The van der Waals surface area contributed by atoms with Gasteiger partial charge < -0.3 is 19.0 Å². The molecule has 0 bridgehead atoms. The van der Waals surface area contributed by atoms with Gasteiger partial charge in [-0.1, -0.05) is 19.1 Å². The third-order valence-corrected chi connectivity index (χ3v) is 10.8. The fraction of sp³-hybridized carbons (Fsp3) is 0.267. The summed E-state index contributed by atoms with van der Waals surface area (Å²) in [5.74, 6) is -1.22. The number of carbonyl (C=O) groups is 1. The number of aromatic carboxylic acids is 1. The highest BCUT2D eigenvalue weighted by Crippen LogP contribution is 2.45. The molecule has 0 saturated heterocycles. The minimum atomic E-state index is -4.86. The number of aromatic nitrogens is 2. The average molecular weight is 679 g/mol. The number of nitrogens with zero attached hydrogens (tertiary/aromatic N) is 2. The number of fused-ring (bicyclic) bond motifs is 2. The second-order valence-corrected chi connectivity index (χ2v) is 14.1. The minimum absolute atomic E-state index is 0.0234. The van der Waals surface area contributed by atoms with Crippen LogP contribution in [0.15, 0.2) is 71.6 Å². The first-order chi connectivity index (χ1) is 21.6. The Labute approximate surface area is 261 Å². The summed E-state index contributed by atoms with van der Waals surface area (Å²) in [7, 11) is -4.52. The van der Waals surface area contributed by atoms with Gasteiger partial charge in [0.25, 0.3) is 0 Å². The maximum atomic E-state index is 14.2. The molecular weight excluding hydrogens is 655 g/mol. The van der Waals surface area contributed by atoms with Gasteiger partial charge in [0.15, 0.2) is 27.0 Å². The average Bonchev–Trinajstić information content (AvgIpc) is 3.56. The summed E-state index contributed by atoms with van der Waals surface area (Å²) in [6.07, 6.45) is -8.47. The van der Waals surface area contributed by atoms with E-state index in [9.17, 15) is 40.3 Å². The maximum absolute atomic E-state index is 14.2. The van der Waals surface area contributed by atoms with Crippen LogP contribution in [0.1, 0.15) is 63.4 Å². The molecule has 1 N–H and O–H groups in total. The van der Waals surface area contributed by atoms with Gasteiger partial charge in [0.2, 0.25) is 0 Å². The van der Waals surface area contributed by atoms with Crippen LogP contribution in [0.5, 0.6) is 17.2 Å². The van der Waals surface area contributed by atoms with Crippen LogP contribution in [0, 0.1) is 0 Å². The van der Waals surface area contributed by atoms with Crippen LogP contribution in [0.4, 0.5) is 22.0 Å². The van der Waals surface area contributed by atoms with Crippen molar-refractivity contribution in [2.75, 3.05) is 0 Å². The molecule has 1 aliphatic heterocycles. The minimum Gasteiger partial charge on any atom is -0.540 e. The number of hydrogen-bond donors (Lipinski definition) is 1. The Hall–Kier alpha value is -4.44. The zero-order valence-corrected chi connectivity index (χ0v) is 25.5. The molecule has 240 valence electrons. The molecule has 2 radical (unpaired) electrons. The first-order valence-corrected chi connectivity index (χ1v) is 16.4. The van der Waals surface area contributed by atoms with Crippen molar-refractivity contribution in [3.05, 3.63) is 94.8 Å². The van der Waals surface area contributed by atoms with E-state index in [1.807, 2.05) is 0 Å². The number of benzene rings is 3. The number of alkyl halides is 5. The molecule has 0 spiro atoms. The Morgan fingerprint density at radius 3 is 2.50 bits per heavy atom. The number of halogens is 5. The number of rotatable bonds is 8. The molecule has 0 saturated carbocycles. The van der Waals surface area contributed by atoms with E-state index in [1.54, 1.807) is 19.1 Å². The number of carboxylic acids is 1. The Morgan fingerprint density at radius 1 is 1.09 bits per heavy atom. The van der Waals surface area contributed by atoms with E-state index in [1.165, 1.54) is 30.3 Å². The molecule has 4 aromatic rings. The Balaban J connectivity index is 1.31. The van der Waals surface area contributed by atoms with Crippen LogP contribution in [-0.2, 0) is 22.4 Å². The fourth-order valence-electron chi connectivity index (χ4n) is 5.46. The van der Waals surface area contributed by atoms with E-state index in [2.05, 4.69) is 14.6 Å². The molecule has 2 heterocycles. The number of sulfone groups is 1. The SMILES string of the molecule is C[C@H]([Si]Oc1cccc(-n2nc(C(F)(F)F)c3c2C(S(=O)(=O)c2ccc(C(=O)O)cc2)CCC3)c1)c1ccc2c(c1)OC(F)(F)O2. The third-order valence-electron chi connectivity index (χ3n) is 7.64. The van der Waals surface area contributed by atoms with Crippen molar-refractivity contribution in [1.29, 1.82) is 0 Å². The molecule has 9 nitrogen and oxygen atoms in total. The zero-order valence-electron chi connectivity index (χ0n) is 23.7. The molecule has 6 rings (SSSR count). The highest BCUT2D eigenvalue weighted by molar-refractivity contribution is 7.91. The molecule has 16 heteroatoms. The van der Waals surface area contributed by atoms with E-state index in [0.29, 0.717) is 5.56 Å². The lowest BCUT2D eigenvalue weighted by Gasteiger charge is -2.25. The van der Waals surface area contributed by atoms with Crippen molar-refractivity contribution in [2.45, 2.75) is 54.3 Å². The molecule has 1 aliphatic carbocycles. The van der Waals surface area contributed by atoms with Crippen molar-refractivity contribution < 1.29 is 54.2 Å². The molecule has 0 amide bonds. The highest BCUT2D eigenvalue weighted by Gasteiger charge is 2.45. The topological polar surface area (TPSA) is 117 Å². The second-order valence-electron chi connectivity index (χ2n) is 10.7. The van der Waals surface area contributed by atoms with Gasteiger partial charge in [0, 0.05) is 17.2 Å². The summed E-state index contributed by atoms with van der Waals surface area (Å²) >= 11 is 0. The zero-order chi connectivity index (χ0) is 33.0. The Kier molecular flexibility index (Phi) is 7.83. The van der Waals surface area contributed by atoms with E-state index in [-0.39, 0.29) is 79.2 Å². The molecule has 2 atom stereocenters. The van der Waals surface area contributed by atoms with Crippen LogP contribution in [0.3, 0.4) is 0 Å². The summed E-state index contributed by atoms with van der Waals surface area (Å²) in [6.45, 7) is 1.79. The van der Waals surface area contributed by atoms with Crippen LogP contribution in [0.2, 0.25) is 0 Å². The molecule has 3 aromatic carbocycles. The van der Waals surface area contributed by atoms with Crippen molar-refractivity contribution in [2.24, 2.45) is 0 Å². The van der Waals surface area contributed by atoms with Crippen molar-refractivity contribution in [3.63, 3.8) is 0 Å². The molecule has 0 fully saturated rings. The predicted octanol–water partition coefficient (Wildman–Crippen LogP) is 6.52. The third kappa shape index (κ3) is 5.93. The summed E-state index contributed by atoms with van der Waals surface area (Å²) in [5.41, 5.74) is -1.21. The van der Waals surface area contributed by atoms with E-state index in [0.717, 1.165) is 28.9 Å². The summed E-state index contributed by atoms with van der Waals surface area (Å²) in [6, 6.07) is 14.9. The molecular formula is C30H23F5N2O7SSi. The van der Waals surface area contributed by atoms with Gasteiger partial charge >= 0.3 is 28.2 Å². The highest BCUT2D eigenvalue weighted by atomic mass is 32.2. The van der Waals surface area contributed by atoms with Crippen LogP contribution < -0.4 is 13.9 Å². The van der Waals surface area contributed by atoms with Gasteiger partial charge in [0.05, 0.1) is 21.8 Å². The Morgan fingerprint density at radius 2 is 1.80 bits per heavy atom. The van der Waals surface area contributed by atoms with Gasteiger partial charge in [0.1, 0.15) is 11.0 Å². The lowest BCUT2D eigenvalue weighted by molar-refractivity contribution is -0.286. The van der Waals surface area contributed by atoms with Gasteiger partial charge in [-0.15, -0.1) is 8.78 Å². The maximum Gasteiger partial charge on any atom is 0.586 e. The largest absolute Gasteiger partial charge is 0.586 e. The number of carboxylic acid groups (broad SMARTS) is 1. The van der Waals surface area contributed by atoms with Gasteiger partial charge in [-0.05, 0) is 73.4 Å². The molecule has 46 heavy (non-hydrogen) atoms. The van der Waals surface area contributed by atoms with Crippen LogP contribution in [0.25, 0.3) is 5.69 Å². The smallest absolute Gasteiger partial charge is 0.540 e. The first-order valence-electron chi connectivity index (χ1n) is 13.8. The summed E-state index contributed by atoms with van der Waals surface area (Å²) < 4.78 is 113. The molecule has 1 unspecified atom stereocenters. The summed E-state index contributed by atoms with van der Waals surface area (Å²) in [4.78, 5) is 11.0. The lowest BCUT2D eigenvalue weighted by atomic mass is 9.95. The van der Waals surface area contributed by atoms with Gasteiger partial charge in [-0.25, -0.2) is 17.9 Å². The summed E-state index contributed by atoms with van der Waals surface area (Å²) in [5, 5.41) is 11.7. The molecule has 2 aliphatic rings. The monoisotopic (exact) mass is 678 g/mol. The van der Waals surface area contributed by atoms with E-state index < -0.39 is 39.2 Å². The van der Waals surface area contributed by atoms with Crippen molar-refractivity contribution in [1.82, 2.24) is 9.78 Å². The van der Waals surface area contributed by atoms with Crippen LogP contribution in [-0.4, -0.2) is 45.3 Å². The Bertz CT molecular complexity index is 1930. The predicted molar refractivity (Wildman–Crippen MR) is 152 cm³/mol. The van der Waals surface area contributed by atoms with Crippen molar-refractivity contribution in [3.8, 4) is 22.9 Å². The number of ether oxygens (including phenoxy) is 2. The second kappa shape index (κ2) is 11.4. The standard InChI is InChI=1S/C30H23F5N2O7SSi/c1-16(18-10-13-23-24(14-18)43-30(34,35)42-23)46-44-20-5-2-4-19(15-20)37-26-22(27(36-37)29(31,32)33)6-3-7-25(26)45(40,41)21-11-8-17(9-12-21)28(38)39/h2,4-5,8-16,25H,3,6-7H2,1H3,(H,38,39)/t16-,25?/m0/s1. The quantitative estimate of drug-likeness (QED) is 0.165. The lowest BCUT2D eigenvalue weighted by Crippen LogP contribution is -2.25. The molecule has 1 aromatic heterocycles. The normalized spacial score (nSPS) is 17.7. The number of hydrogen-bond acceptors (Lipinski definition) is 7. The van der Waals surface area contributed by atoms with E-state index in [4.69, 9.17) is 4.43 Å². The van der Waals surface area contributed by atoms with Crippen LogP contribution >= 0.6 is 0 Å². The fourth-order valence-corrected chi connectivity index (χ4v) is 8.07. The van der Waals surface area contributed by atoms with E-state index >= 15 is 0 Å².